The highest BCUT2D eigenvalue weighted by molar-refractivity contribution is 6.33. The Morgan fingerprint density at radius 3 is 2.79 bits per heavy atom. The molecule has 102 valence electrons. The van der Waals surface area contributed by atoms with Gasteiger partial charge in [-0.1, -0.05) is 31.9 Å². The molecule has 0 aliphatic heterocycles. The van der Waals surface area contributed by atoms with Gasteiger partial charge in [-0.2, -0.15) is 5.26 Å². The van der Waals surface area contributed by atoms with Crippen LogP contribution in [0.1, 0.15) is 51.5 Å². The summed E-state index contributed by atoms with van der Waals surface area (Å²) in [6.07, 6.45) is 6.19. The minimum absolute atomic E-state index is 0.463. The highest BCUT2D eigenvalue weighted by atomic mass is 35.5. The maximum absolute atomic E-state index is 8.84. The Hall–Kier alpha value is -1.20. The minimum atomic E-state index is 0.463. The average molecular weight is 277 g/mol. The van der Waals surface area contributed by atoms with E-state index in [0.717, 1.165) is 5.69 Å². The molecule has 1 unspecified atom stereocenters. The molecule has 1 aromatic rings. The molecule has 0 bridgehead atoms. The molecule has 0 saturated heterocycles. The van der Waals surface area contributed by atoms with Gasteiger partial charge in [0.2, 0.25) is 0 Å². The Kier molecular flexibility index (Phi) is 4.37. The zero-order chi connectivity index (χ0) is 13.9. The molecule has 1 atom stereocenters. The average Bonchev–Trinajstić information content (AvgIpc) is 2.53. The molecule has 19 heavy (non-hydrogen) atoms. The van der Waals surface area contributed by atoms with E-state index < -0.39 is 0 Å². The smallest absolute Gasteiger partial charge is 0.0992 e. The molecule has 1 aromatic carbocycles. The quantitative estimate of drug-likeness (QED) is 0.773. The number of rotatable bonds is 2. The van der Waals surface area contributed by atoms with Gasteiger partial charge in [-0.25, -0.2) is 0 Å². The van der Waals surface area contributed by atoms with Crippen LogP contribution in [0.3, 0.4) is 0 Å². The van der Waals surface area contributed by atoms with E-state index in [-0.39, 0.29) is 0 Å². The zero-order valence-electron chi connectivity index (χ0n) is 11.7. The summed E-state index contributed by atoms with van der Waals surface area (Å²) < 4.78 is 0. The lowest BCUT2D eigenvalue weighted by molar-refractivity contribution is 0.313. The summed E-state index contributed by atoms with van der Waals surface area (Å²) in [5.74, 6) is 0. The fraction of sp³-hybridized carbons (Fsp3) is 0.562. The number of hydrogen-bond acceptors (Lipinski definition) is 2. The van der Waals surface area contributed by atoms with Crippen molar-refractivity contribution >= 4 is 17.3 Å². The van der Waals surface area contributed by atoms with Gasteiger partial charge in [0.15, 0.2) is 0 Å². The number of anilines is 1. The van der Waals surface area contributed by atoms with Crippen LogP contribution in [0.15, 0.2) is 18.2 Å². The molecule has 1 aliphatic carbocycles. The van der Waals surface area contributed by atoms with Gasteiger partial charge in [0.1, 0.15) is 0 Å². The number of nitriles is 1. The van der Waals surface area contributed by atoms with E-state index in [2.05, 4.69) is 25.2 Å². The van der Waals surface area contributed by atoms with Crippen LogP contribution in [0.25, 0.3) is 0 Å². The second-order valence-corrected chi connectivity index (χ2v) is 6.65. The van der Waals surface area contributed by atoms with Crippen molar-refractivity contribution < 1.29 is 0 Å². The van der Waals surface area contributed by atoms with Crippen molar-refractivity contribution in [1.29, 1.82) is 5.26 Å². The molecular formula is C16H21ClN2. The topological polar surface area (TPSA) is 35.8 Å². The number of nitrogens with one attached hydrogen (secondary N) is 1. The third kappa shape index (κ3) is 3.88. The normalized spacial score (nSPS) is 22.3. The van der Waals surface area contributed by atoms with Crippen LogP contribution in [0.4, 0.5) is 5.69 Å². The van der Waals surface area contributed by atoms with E-state index in [1.165, 1.54) is 32.1 Å². The first-order chi connectivity index (χ1) is 9.00. The third-order valence-corrected chi connectivity index (χ3v) is 4.35. The van der Waals surface area contributed by atoms with E-state index in [0.29, 0.717) is 22.0 Å². The molecule has 0 spiro atoms. The number of halogens is 1. The van der Waals surface area contributed by atoms with Crippen molar-refractivity contribution in [2.24, 2.45) is 5.41 Å². The van der Waals surface area contributed by atoms with E-state index in [1.54, 1.807) is 6.07 Å². The first-order valence-corrected chi connectivity index (χ1v) is 7.34. The standard InChI is InChI=1S/C16H21ClN2/c1-16(2)8-3-4-13(7-9-16)19-15-6-5-12(11-18)10-14(15)17/h5-6,10,13,19H,3-4,7-9H2,1-2H3. The summed E-state index contributed by atoms with van der Waals surface area (Å²) in [7, 11) is 0. The minimum Gasteiger partial charge on any atom is -0.381 e. The Balaban J connectivity index is 2.03. The molecular weight excluding hydrogens is 256 g/mol. The van der Waals surface area contributed by atoms with Crippen molar-refractivity contribution in [3.63, 3.8) is 0 Å². The number of benzene rings is 1. The molecule has 1 fully saturated rings. The summed E-state index contributed by atoms with van der Waals surface area (Å²) in [6, 6.07) is 8.05. The summed E-state index contributed by atoms with van der Waals surface area (Å²) in [4.78, 5) is 0. The Morgan fingerprint density at radius 2 is 2.11 bits per heavy atom. The summed E-state index contributed by atoms with van der Waals surface area (Å²) >= 11 is 6.21. The van der Waals surface area contributed by atoms with Crippen LogP contribution < -0.4 is 5.32 Å². The van der Waals surface area contributed by atoms with Gasteiger partial charge in [-0.15, -0.1) is 0 Å². The molecule has 2 rings (SSSR count). The van der Waals surface area contributed by atoms with E-state index in [1.807, 2.05) is 12.1 Å². The number of hydrogen-bond donors (Lipinski definition) is 1. The predicted octanol–water partition coefficient (Wildman–Crippen LogP) is 4.98. The highest BCUT2D eigenvalue weighted by Crippen LogP contribution is 2.35. The van der Waals surface area contributed by atoms with Crippen molar-refractivity contribution in [3.8, 4) is 6.07 Å². The Bertz CT molecular complexity index is 488. The fourth-order valence-electron chi connectivity index (χ4n) is 2.73. The lowest BCUT2D eigenvalue weighted by atomic mass is 9.85. The van der Waals surface area contributed by atoms with E-state index in [4.69, 9.17) is 16.9 Å². The number of nitrogens with zero attached hydrogens (tertiary/aromatic N) is 1. The molecule has 2 nitrogen and oxygen atoms in total. The molecule has 1 aliphatic rings. The van der Waals surface area contributed by atoms with Gasteiger partial charge < -0.3 is 5.32 Å². The van der Waals surface area contributed by atoms with Gasteiger partial charge in [0.05, 0.1) is 22.3 Å². The maximum Gasteiger partial charge on any atom is 0.0992 e. The Labute approximate surface area is 120 Å². The SMILES string of the molecule is CC1(C)CCCC(Nc2ccc(C#N)cc2Cl)CC1. The van der Waals surface area contributed by atoms with Gasteiger partial charge in [-0.05, 0) is 49.3 Å². The largest absolute Gasteiger partial charge is 0.381 e. The van der Waals surface area contributed by atoms with Crippen molar-refractivity contribution in [2.45, 2.75) is 52.0 Å². The van der Waals surface area contributed by atoms with Crippen molar-refractivity contribution in [2.75, 3.05) is 5.32 Å². The molecule has 1 N–H and O–H groups in total. The maximum atomic E-state index is 8.84. The van der Waals surface area contributed by atoms with Crippen LogP contribution in [-0.4, -0.2) is 6.04 Å². The second-order valence-electron chi connectivity index (χ2n) is 6.24. The summed E-state index contributed by atoms with van der Waals surface area (Å²) in [5, 5.41) is 13.0. The first-order valence-electron chi connectivity index (χ1n) is 6.96. The first kappa shape index (κ1) is 14.2. The lowest BCUT2D eigenvalue weighted by Crippen LogP contribution is -2.19. The van der Waals surface area contributed by atoms with Gasteiger partial charge in [0.25, 0.3) is 0 Å². The van der Waals surface area contributed by atoms with Gasteiger partial charge >= 0.3 is 0 Å². The van der Waals surface area contributed by atoms with E-state index in [9.17, 15) is 0 Å². The molecule has 0 amide bonds. The van der Waals surface area contributed by atoms with Crippen molar-refractivity contribution in [1.82, 2.24) is 0 Å². The van der Waals surface area contributed by atoms with Crippen LogP contribution in [-0.2, 0) is 0 Å². The molecule has 0 heterocycles. The fourth-order valence-corrected chi connectivity index (χ4v) is 2.96. The van der Waals surface area contributed by atoms with Gasteiger partial charge in [-0.3, -0.25) is 0 Å². The van der Waals surface area contributed by atoms with Crippen molar-refractivity contribution in [3.05, 3.63) is 28.8 Å². The van der Waals surface area contributed by atoms with Crippen LogP contribution in [0.2, 0.25) is 5.02 Å². The molecule has 1 saturated carbocycles. The van der Waals surface area contributed by atoms with Crippen LogP contribution in [0.5, 0.6) is 0 Å². The predicted molar refractivity (Wildman–Crippen MR) is 80.4 cm³/mol. The summed E-state index contributed by atoms with van der Waals surface area (Å²) in [5.41, 5.74) is 2.02. The summed E-state index contributed by atoms with van der Waals surface area (Å²) in [6.45, 7) is 4.70. The lowest BCUT2D eigenvalue weighted by Gasteiger charge is -2.22. The zero-order valence-corrected chi connectivity index (χ0v) is 12.4. The molecule has 3 heteroatoms. The van der Waals surface area contributed by atoms with Crippen LogP contribution >= 0.6 is 11.6 Å². The third-order valence-electron chi connectivity index (χ3n) is 4.03. The monoisotopic (exact) mass is 276 g/mol. The Morgan fingerprint density at radius 1 is 1.32 bits per heavy atom. The molecule has 0 radical (unpaired) electrons. The van der Waals surface area contributed by atoms with E-state index >= 15 is 0 Å². The second kappa shape index (κ2) is 5.84. The van der Waals surface area contributed by atoms with Gasteiger partial charge in [0, 0.05) is 6.04 Å². The van der Waals surface area contributed by atoms with Crippen LogP contribution in [0, 0.1) is 16.7 Å². The highest BCUT2D eigenvalue weighted by Gasteiger charge is 2.24. The molecule has 0 aromatic heterocycles.